The summed E-state index contributed by atoms with van der Waals surface area (Å²) < 4.78 is 51.4. The first-order valence-electron chi connectivity index (χ1n) is 7.98. The van der Waals surface area contributed by atoms with Crippen LogP contribution >= 0.6 is 0 Å². The maximum atomic E-state index is 12.2. The molecule has 3 fully saturated rings. The molecule has 0 radical (unpaired) electrons. The number of fused-ring (bicyclic) bond motifs is 1. The molecule has 1 aliphatic heterocycles. The topological polar surface area (TPSA) is 96.0 Å². The van der Waals surface area contributed by atoms with Gasteiger partial charge in [-0.1, -0.05) is 6.58 Å². The number of ether oxygens (including phenoxy) is 3. The summed E-state index contributed by atoms with van der Waals surface area (Å²) in [4.78, 5) is 46.7. The lowest BCUT2D eigenvalue weighted by Crippen LogP contribution is -2.36. The van der Waals surface area contributed by atoms with E-state index in [-0.39, 0.29) is 18.6 Å². The third-order valence-electron chi connectivity index (χ3n) is 4.88. The van der Waals surface area contributed by atoms with Gasteiger partial charge in [0, 0.05) is 6.42 Å². The quantitative estimate of drug-likeness (QED) is 0.296. The van der Waals surface area contributed by atoms with Crippen LogP contribution in [0.3, 0.4) is 0 Å². The van der Waals surface area contributed by atoms with E-state index in [9.17, 15) is 32.3 Å². The van der Waals surface area contributed by atoms with Crippen LogP contribution in [0.25, 0.3) is 0 Å². The maximum absolute atomic E-state index is 12.2. The predicted octanol–water partition coefficient (Wildman–Crippen LogP) is 1.10. The molecule has 0 aromatic carbocycles. The number of carbonyl (C=O) groups is 4. The second-order valence-corrected chi connectivity index (χ2v) is 6.45. The van der Waals surface area contributed by atoms with E-state index >= 15 is 0 Å². The van der Waals surface area contributed by atoms with Crippen molar-refractivity contribution in [3.63, 3.8) is 0 Å². The lowest BCUT2D eigenvalue weighted by Gasteiger charge is -2.23. The minimum Gasteiger partial charge on any atom is -0.462 e. The lowest BCUT2D eigenvalue weighted by molar-refractivity contribution is -0.162. The zero-order chi connectivity index (χ0) is 19.2. The average Bonchev–Trinajstić information content (AvgIpc) is 3.10. The summed E-state index contributed by atoms with van der Waals surface area (Å²) in [7, 11) is 0. The molecule has 3 aliphatic rings. The van der Waals surface area contributed by atoms with E-state index in [1.54, 1.807) is 0 Å². The lowest BCUT2D eigenvalue weighted by atomic mass is 9.88. The second-order valence-electron chi connectivity index (χ2n) is 6.45. The fourth-order valence-corrected chi connectivity index (χ4v) is 3.65. The number of hydrogen-bond donors (Lipinski definition) is 0. The van der Waals surface area contributed by atoms with Crippen molar-refractivity contribution in [1.29, 1.82) is 0 Å². The molecule has 142 valence electrons. The number of alkyl halides is 3. The highest BCUT2D eigenvalue weighted by Gasteiger charge is 2.68. The van der Waals surface area contributed by atoms with Crippen LogP contribution in [0.5, 0.6) is 0 Å². The molecular weight excluding hydrogens is 361 g/mol. The van der Waals surface area contributed by atoms with Crippen LogP contribution in [0.15, 0.2) is 12.2 Å². The molecule has 0 amide bonds. The van der Waals surface area contributed by atoms with E-state index in [0.717, 1.165) is 0 Å². The van der Waals surface area contributed by atoms with Crippen LogP contribution in [0.2, 0.25) is 0 Å². The van der Waals surface area contributed by atoms with Crippen LogP contribution in [-0.2, 0) is 33.4 Å². The largest absolute Gasteiger partial charge is 0.462 e. The Kier molecular flexibility index (Phi) is 4.53. The Balaban J connectivity index is 1.42. The molecule has 1 heterocycles. The van der Waals surface area contributed by atoms with Crippen molar-refractivity contribution >= 4 is 23.7 Å². The zero-order valence-corrected chi connectivity index (χ0v) is 13.4. The summed E-state index contributed by atoms with van der Waals surface area (Å²) in [6.45, 7) is 2.18. The number of ketones is 1. The van der Waals surface area contributed by atoms with Crippen LogP contribution in [-0.4, -0.2) is 48.7 Å². The van der Waals surface area contributed by atoms with E-state index in [2.05, 4.69) is 11.3 Å². The van der Waals surface area contributed by atoms with Crippen molar-refractivity contribution < 1.29 is 46.6 Å². The number of hydrogen-bond acceptors (Lipinski definition) is 7. The van der Waals surface area contributed by atoms with Gasteiger partial charge < -0.3 is 14.2 Å². The molecule has 1 saturated heterocycles. The Morgan fingerprint density at radius 1 is 1.23 bits per heavy atom. The first-order chi connectivity index (χ1) is 12.1. The average molecular weight is 376 g/mol. The summed E-state index contributed by atoms with van der Waals surface area (Å²) in [5.41, 5.74) is -1.63. The third kappa shape index (κ3) is 3.08. The molecule has 2 bridgehead atoms. The maximum Gasteiger partial charge on any atom is 0.422 e. The summed E-state index contributed by atoms with van der Waals surface area (Å²) in [5, 5.41) is 0. The molecule has 2 saturated carbocycles. The van der Waals surface area contributed by atoms with Crippen LogP contribution in [0.4, 0.5) is 13.2 Å². The van der Waals surface area contributed by atoms with Gasteiger partial charge in [0.1, 0.15) is 23.6 Å². The Morgan fingerprint density at radius 2 is 1.92 bits per heavy atom. The number of esters is 3. The van der Waals surface area contributed by atoms with E-state index in [1.165, 1.54) is 0 Å². The van der Waals surface area contributed by atoms with Gasteiger partial charge in [0.2, 0.25) is 0 Å². The smallest absolute Gasteiger partial charge is 0.422 e. The number of Topliss-reactive ketones (excluding diaryl/α,β-unsaturated/α-hetero) is 1. The van der Waals surface area contributed by atoms with Crippen LogP contribution in [0.1, 0.15) is 19.3 Å². The zero-order valence-electron chi connectivity index (χ0n) is 13.4. The Morgan fingerprint density at radius 3 is 2.58 bits per heavy atom. The van der Waals surface area contributed by atoms with Crippen molar-refractivity contribution in [2.45, 2.75) is 37.6 Å². The van der Waals surface area contributed by atoms with Gasteiger partial charge >= 0.3 is 24.1 Å². The summed E-state index contributed by atoms with van der Waals surface area (Å²) >= 11 is 0. The van der Waals surface area contributed by atoms with Crippen molar-refractivity contribution in [2.24, 2.45) is 17.8 Å². The van der Waals surface area contributed by atoms with Crippen molar-refractivity contribution in [1.82, 2.24) is 0 Å². The van der Waals surface area contributed by atoms with Gasteiger partial charge in [-0.25, -0.2) is 4.79 Å². The van der Waals surface area contributed by atoms with E-state index in [1.807, 2.05) is 0 Å². The Hall–Kier alpha value is -2.39. The van der Waals surface area contributed by atoms with Gasteiger partial charge in [0.05, 0.1) is 24.4 Å². The molecule has 26 heavy (non-hydrogen) atoms. The van der Waals surface area contributed by atoms with Crippen LogP contribution < -0.4 is 0 Å². The summed E-state index contributed by atoms with van der Waals surface area (Å²) in [6.07, 6.45) is -6.43. The molecule has 5 atom stereocenters. The number of carbonyl (C=O) groups excluding carboxylic acids is 4. The minimum atomic E-state index is -4.87. The molecular formula is C16H15F3O7. The Labute approximate surface area is 145 Å². The van der Waals surface area contributed by atoms with Gasteiger partial charge in [-0.15, -0.1) is 0 Å². The first kappa shape index (κ1) is 18.4. The van der Waals surface area contributed by atoms with Gasteiger partial charge in [-0.2, -0.15) is 13.2 Å². The Bertz CT molecular complexity index is 684. The molecule has 7 nitrogen and oxygen atoms in total. The predicted molar refractivity (Wildman–Crippen MR) is 75.2 cm³/mol. The third-order valence-corrected chi connectivity index (χ3v) is 4.88. The first-order valence-corrected chi connectivity index (χ1v) is 7.98. The molecule has 0 spiro atoms. The molecule has 0 N–H and O–H groups in total. The minimum absolute atomic E-state index is 0.0580. The second kappa shape index (κ2) is 6.40. The molecule has 3 rings (SSSR count). The van der Waals surface area contributed by atoms with Gasteiger partial charge in [0.15, 0.2) is 0 Å². The van der Waals surface area contributed by atoms with E-state index in [0.29, 0.717) is 6.42 Å². The SMILES string of the molecule is C=C(C(=O)OCCCC(=O)OC1C2CC3C(=O)OC1C3C2=O)C(F)(F)F. The highest BCUT2D eigenvalue weighted by Crippen LogP contribution is 2.53. The van der Waals surface area contributed by atoms with Crippen molar-refractivity contribution in [3.05, 3.63) is 12.2 Å². The van der Waals surface area contributed by atoms with Crippen LogP contribution in [0, 0.1) is 17.8 Å². The number of rotatable bonds is 6. The van der Waals surface area contributed by atoms with Crippen molar-refractivity contribution in [3.8, 4) is 0 Å². The highest BCUT2D eigenvalue weighted by molar-refractivity contribution is 5.98. The fourth-order valence-electron chi connectivity index (χ4n) is 3.65. The van der Waals surface area contributed by atoms with Gasteiger partial charge in [-0.05, 0) is 12.8 Å². The monoisotopic (exact) mass is 376 g/mol. The molecule has 10 heteroatoms. The van der Waals surface area contributed by atoms with Crippen molar-refractivity contribution in [2.75, 3.05) is 6.61 Å². The highest BCUT2D eigenvalue weighted by atomic mass is 19.4. The van der Waals surface area contributed by atoms with Gasteiger partial charge in [-0.3, -0.25) is 14.4 Å². The van der Waals surface area contributed by atoms with E-state index < -0.39 is 66.2 Å². The molecule has 0 aromatic rings. The molecule has 0 aromatic heterocycles. The summed E-state index contributed by atoms with van der Waals surface area (Å²) in [6, 6.07) is 0. The molecule has 2 aliphatic carbocycles. The summed E-state index contributed by atoms with van der Waals surface area (Å²) in [5.74, 6) is -4.46. The van der Waals surface area contributed by atoms with E-state index in [4.69, 9.17) is 9.47 Å². The molecule has 5 unspecified atom stereocenters. The number of halogens is 3. The fraction of sp³-hybridized carbons (Fsp3) is 0.625. The standard InChI is InChI=1S/C16H15F3O7/c1-6(16(17,18)19)14(22)24-4-2-3-9(20)25-12-8-5-7-10(11(8)21)13(12)26-15(7)23/h7-8,10,12-13H,1-5H2. The van der Waals surface area contributed by atoms with Gasteiger partial charge in [0.25, 0.3) is 0 Å². The normalized spacial score (nSPS) is 31.7.